The lowest BCUT2D eigenvalue weighted by molar-refractivity contribution is 0.0601. The third-order valence-corrected chi connectivity index (χ3v) is 5.10. The summed E-state index contributed by atoms with van der Waals surface area (Å²) in [4.78, 5) is 24.1. The van der Waals surface area contributed by atoms with Crippen molar-refractivity contribution >= 4 is 28.5 Å². The van der Waals surface area contributed by atoms with E-state index < -0.39 is 23.7 Å². The van der Waals surface area contributed by atoms with Gasteiger partial charge in [0.15, 0.2) is 11.6 Å². The molecule has 0 aliphatic carbocycles. The van der Waals surface area contributed by atoms with Crippen molar-refractivity contribution in [3.05, 3.63) is 102 Å². The van der Waals surface area contributed by atoms with E-state index in [9.17, 15) is 18.4 Å². The number of methoxy groups -OCH3 is 1. The number of esters is 1. The van der Waals surface area contributed by atoms with Crippen LogP contribution in [0.25, 0.3) is 21.9 Å². The number of hydrogen-bond donors (Lipinski definition) is 1. The first-order chi connectivity index (χ1) is 16.0. The highest BCUT2D eigenvalue weighted by Gasteiger charge is 2.19. The molecule has 0 aromatic heterocycles. The summed E-state index contributed by atoms with van der Waals surface area (Å²) in [5.41, 5.74) is 2.15. The van der Waals surface area contributed by atoms with Crippen LogP contribution in [0.1, 0.15) is 15.9 Å². The molecule has 0 spiro atoms. The van der Waals surface area contributed by atoms with Crippen LogP contribution in [-0.2, 0) is 16.1 Å². The zero-order chi connectivity index (χ0) is 23.4. The Kier molecular flexibility index (Phi) is 6.31. The number of rotatable bonds is 5. The number of hydrogen-bond acceptors (Lipinski definition) is 4. The molecule has 0 saturated carbocycles. The lowest BCUT2D eigenvalue weighted by Crippen LogP contribution is -2.17. The highest BCUT2D eigenvalue weighted by atomic mass is 19.2. The Bertz CT molecular complexity index is 1350. The van der Waals surface area contributed by atoms with E-state index in [2.05, 4.69) is 10.1 Å². The molecule has 0 unspecified atom stereocenters. The van der Waals surface area contributed by atoms with Crippen LogP contribution in [0.5, 0.6) is 0 Å². The van der Waals surface area contributed by atoms with E-state index in [1.54, 1.807) is 6.07 Å². The number of anilines is 1. The second-order valence-corrected chi connectivity index (χ2v) is 7.23. The fourth-order valence-electron chi connectivity index (χ4n) is 3.53. The molecule has 4 rings (SSSR count). The highest BCUT2D eigenvalue weighted by Crippen LogP contribution is 2.29. The summed E-state index contributed by atoms with van der Waals surface area (Å²) >= 11 is 0. The van der Waals surface area contributed by atoms with Crippen LogP contribution >= 0.6 is 0 Å². The van der Waals surface area contributed by atoms with E-state index in [-0.39, 0.29) is 17.9 Å². The van der Waals surface area contributed by atoms with Crippen LogP contribution in [0.2, 0.25) is 0 Å². The monoisotopic (exact) mass is 447 g/mol. The van der Waals surface area contributed by atoms with Crippen LogP contribution in [0.15, 0.2) is 78.9 Å². The third kappa shape index (κ3) is 4.82. The van der Waals surface area contributed by atoms with Crippen LogP contribution in [0.3, 0.4) is 0 Å². The Morgan fingerprint density at radius 3 is 2.42 bits per heavy atom. The lowest BCUT2D eigenvalue weighted by atomic mass is 9.97. The Balaban J connectivity index is 1.50. The zero-order valence-corrected chi connectivity index (χ0v) is 17.6. The molecule has 4 aromatic carbocycles. The predicted octanol–water partition coefficient (Wildman–Crippen LogP) is 6.32. The second kappa shape index (κ2) is 9.48. The van der Waals surface area contributed by atoms with Crippen LogP contribution in [-0.4, -0.2) is 19.2 Å². The molecular weight excluding hydrogens is 428 g/mol. The molecule has 166 valence electrons. The van der Waals surface area contributed by atoms with Gasteiger partial charge in [-0.1, -0.05) is 60.7 Å². The molecule has 1 N–H and O–H groups in total. The molecule has 0 atom stereocenters. The van der Waals surface area contributed by atoms with Gasteiger partial charge in [-0.05, 0) is 39.6 Å². The van der Waals surface area contributed by atoms with Gasteiger partial charge < -0.3 is 9.47 Å². The van der Waals surface area contributed by atoms with Crippen molar-refractivity contribution in [2.45, 2.75) is 6.61 Å². The van der Waals surface area contributed by atoms with Crippen LogP contribution in [0.4, 0.5) is 19.3 Å². The summed E-state index contributed by atoms with van der Waals surface area (Å²) < 4.78 is 36.9. The molecule has 0 heterocycles. The van der Waals surface area contributed by atoms with E-state index in [0.717, 1.165) is 34.6 Å². The van der Waals surface area contributed by atoms with Crippen molar-refractivity contribution in [1.29, 1.82) is 0 Å². The zero-order valence-electron chi connectivity index (χ0n) is 17.6. The highest BCUT2D eigenvalue weighted by molar-refractivity contribution is 6.00. The minimum atomic E-state index is -1.24. The van der Waals surface area contributed by atoms with Crippen molar-refractivity contribution < 1.29 is 27.8 Å². The second-order valence-electron chi connectivity index (χ2n) is 7.23. The SMILES string of the molecule is COC(=O)c1cc(F)c(F)cc1NC(=O)OCc1cccc(-c2cccc3ccccc23)c1. The molecule has 7 heteroatoms. The Morgan fingerprint density at radius 1 is 0.879 bits per heavy atom. The Hall–Kier alpha value is -4.26. The molecule has 0 radical (unpaired) electrons. The van der Waals surface area contributed by atoms with E-state index in [4.69, 9.17) is 4.74 Å². The first-order valence-electron chi connectivity index (χ1n) is 10.0. The van der Waals surface area contributed by atoms with Crippen molar-refractivity contribution in [3.63, 3.8) is 0 Å². The maximum Gasteiger partial charge on any atom is 0.411 e. The van der Waals surface area contributed by atoms with Crippen molar-refractivity contribution in [1.82, 2.24) is 0 Å². The molecule has 0 fully saturated rings. The number of nitrogens with one attached hydrogen (secondary N) is 1. The molecule has 4 aromatic rings. The number of ether oxygens (including phenoxy) is 2. The van der Waals surface area contributed by atoms with E-state index in [0.29, 0.717) is 12.1 Å². The normalized spacial score (nSPS) is 10.6. The summed E-state index contributed by atoms with van der Waals surface area (Å²) in [7, 11) is 1.09. The molecule has 0 bridgehead atoms. The minimum Gasteiger partial charge on any atom is -0.465 e. The fraction of sp³-hybridized carbons (Fsp3) is 0.0769. The van der Waals surface area contributed by atoms with Gasteiger partial charge in [0, 0.05) is 6.07 Å². The third-order valence-electron chi connectivity index (χ3n) is 5.10. The number of benzene rings is 4. The van der Waals surface area contributed by atoms with E-state index >= 15 is 0 Å². The quantitative estimate of drug-likeness (QED) is 0.364. The number of amides is 1. The van der Waals surface area contributed by atoms with Crippen molar-refractivity contribution in [3.8, 4) is 11.1 Å². The number of carbonyl (C=O) groups is 2. The largest absolute Gasteiger partial charge is 0.465 e. The Morgan fingerprint density at radius 2 is 1.61 bits per heavy atom. The van der Waals surface area contributed by atoms with Gasteiger partial charge in [0.1, 0.15) is 6.61 Å². The van der Waals surface area contributed by atoms with Crippen molar-refractivity contribution in [2.75, 3.05) is 12.4 Å². The number of fused-ring (bicyclic) bond motifs is 1. The first-order valence-corrected chi connectivity index (χ1v) is 10.0. The first kappa shape index (κ1) is 22.0. The predicted molar refractivity (Wildman–Crippen MR) is 121 cm³/mol. The summed E-state index contributed by atoms with van der Waals surface area (Å²) in [6.07, 6.45) is -0.929. The van der Waals surface area contributed by atoms with Gasteiger partial charge >= 0.3 is 12.1 Å². The number of halogens is 2. The molecule has 5 nitrogen and oxygen atoms in total. The van der Waals surface area contributed by atoms with Gasteiger partial charge in [-0.15, -0.1) is 0 Å². The minimum absolute atomic E-state index is 0.0678. The molecular formula is C26H19F2NO4. The summed E-state index contributed by atoms with van der Waals surface area (Å²) in [5, 5.41) is 4.48. The summed E-state index contributed by atoms with van der Waals surface area (Å²) in [5.74, 6) is -3.38. The number of carbonyl (C=O) groups excluding carboxylic acids is 2. The molecule has 0 aliphatic rings. The summed E-state index contributed by atoms with van der Waals surface area (Å²) in [6.45, 7) is -0.0678. The van der Waals surface area contributed by atoms with Crippen LogP contribution < -0.4 is 5.32 Å². The van der Waals surface area contributed by atoms with Gasteiger partial charge in [-0.2, -0.15) is 0 Å². The standard InChI is InChI=1S/C26H19F2NO4/c1-32-25(30)21-13-22(27)23(28)14-24(21)29-26(31)33-15-16-6-4-9-18(12-16)20-11-5-8-17-7-2-3-10-19(17)20/h2-14H,15H2,1H3,(H,29,31). The Labute approximate surface area is 188 Å². The maximum absolute atomic E-state index is 13.6. The molecule has 1 amide bonds. The maximum atomic E-state index is 13.6. The lowest BCUT2D eigenvalue weighted by Gasteiger charge is -2.12. The van der Waals surface area contributed by atoms with Gasteiger partial charge in [-0.3, -0.25) is 5.32 Å². The van der Waals surface area contributed by atoms with Gasteiger partial charge in [0.05, 0.1) is 18.4 Å². The van der Waals surface area contributed by atoms with Gasteiger partial charge in [0.2, 0.25) is 0 Å². The molecule has 33 heavy (non-hydrogen) atoms. The smallest absolute Gasteiger partial charge is 0.411 e. The van der Waals surface area contributed by atoms with Gasteiger partial charge in [-0.25, -0.2) is 18.4 Å². The molecule has 0 aliphatic heterocycles. The van der Waals surface area contributed by atoms with E-state index in [1.165, 1.54) is 0 Å². The average molecular weight is 447 g/mol. The fourth-order valence-corrected chi connectivity index (χ4v) is 3.53. The van der Waals surface area contributed by atoms with E-state index in [1.807, 2.05) is 60.7 Å². The van der Waals surface area contributed by atoms with Crippen molar-refractivity contribution in [2.24, 2.45) is 0 Å². The summed E-state index contributed by atoms with van der Waals surface area (Å²) in [6, 6.07) is 23.0. The van der Waals surface area contributed by atoms with Gasteiger partial charge in [0.25, 0.3) is 0 Å². The molecule has 0 saturated heterocycles. The average Bonchev–Trinajstić information content (AvgIpc) is 2.84. The topological polar surface area (TPSA) is 64.6 Å². The van der Waals surface area contributed by atoms with Crippen LogP contribution in [0, 0.1) is 11.6 Å².